The summed E-state index contributed by atoms with van der Waals surface area (Å²) in [5.74, 6) is 2.79. The van der Waals surface area contributed by atoms with Crippen LogP contribution in [0.4, 0.5) is 0 Å². The SMILES string of the molecule is c1ccc(OC(Oc2ccccc2)[SiH2]C[SiH2]C(Oc2ccccc2)Oc2ccccc2)cc1. The predicted molar refractivity (Wildman–Crippen MR) is 138 cm³/mol. The molecule has 0 atom stereocenters. The fraction of sp³-hybridized carbons (Fsp3) is 0.111. The maximum Gasteiger partial charge on any atom is 0.212 e. The van der Waals surface area contributed by atoms with Crippen LogP contribution in [0.25, 0.3) is 0 Å². The van der Waals surface area contributed by atoms with Crippen molar-refractivity contribution in [3.8, 4) is 23.0 Å². The molecule has 0 unspecified atom stereocenters. The Balaban J connectivity index is 1.40. The molecule has 0 radical (unpaired) electrons. The minimum absolute atomic E-state index is 0.253. The Morgan fingerprint density at radius 1 is 0.394 bits per heavy atom. The average molecular weight is 473 g/mol. The van der Waals surface area contributed by atoms with Gasteiger partial charge in [0, 0.05) is 0 Å². The van der Waals surface area contributed by atoms with Crippen molar-refractivity contribution in [2.75, 3.05) is 0 Å². The minimum Gasteiger partial charge on any atom is -0.460 e. The second kappa shape index (κ2) is 12.5. The highest BCUT2D eigenvalue weighted by Gasteiger charge is 2.18. The first-order valence-corrected chi connectivity index (χ1v) is 14.9. The normalized spacial score (nSPS) is 11.5. The van der Waals surface area contributed by atoms with E-state index < -0.39 is 19.0 Å². The molecule has 4 rings (SSSR count). The van der Waals surface area contributed by atoms with E-state index >= 15 is 0 Å². The predicted octanol–water partition coefficient (Wildman–Crippen LogP) is 4.58. The molecule has 0 aliphatic rings. The highest BCUT2D eigenvalue weighted by molar-refractivity contribution is 6.57. The number of rotatable bonds is 12. The Bertz CT molecular complexity index is 880. The van der Waals surface area contributed by atoms with Crippen LogP contribution in [0, 0.1) is 0 Å². The molecule has 0 spiro atoms. The Morgan fingerprint density at radius 2 is 0.636 bits per heavy atom. The van der Waals surface area contributed by atoms with E-state index in [1.54, 1.807) is 0 Å². The first-order chi connectivity index (χ1) is 16.3. The summed E-state index contributed by atoms with van der Waals surface area (Å²) in [5, 5.41) is 0. The number of benzene rings is 4. The van der Waals surface area contributed by atoms with Crippen LogP contribution in [-0.4, -0.2) is 30.9 Å². The van der Waals surface area contributed by atoms with Gasteiger partial charge in [-0.1, -0.05) is 78.5 Å². The van der Waals surface area contributed by atoms with Gasteiger partial charge in [-0.2, -0.15) is 0 Å². The molecule has 0 N–H and O–H groups in total. The molecule has 4 aromatic carbocycles. The Kier molecular flexibility index (Phi) is 8.62. The zero-order chi connectivity index (χ0) is 22.6. The fourth-order valence-corrected chi connectivity index (χ4v) is 8.19. The fourth-order valence-electron chi connectivity index (χ4n) is 3.34. The van der Waals surface area contributed by atoms with Crippen molar-refractivity contribution in [2.45, 2.75) is 17.5 Å². The molecular weight excluding hydrogens is 444 g/mol. The molecule has 0 fully saturated rings. The van der Waals surface area contributed by atoms with Crippen molar-refractivity contribution >= 4 is 19.0 Å². The standard InChI is InChI=1S/C27H28O4Si2/c1-5-13-22(14-6-1)28-26(29-23-15-7-2-8-16-23)32-21-33-27(30-24-17-9-3-10-18-24)31-25-19-11-4-12-20-25/h1-20,26-27H,21,32-33H2. The maximum absolute atomic E-state index is 6.22. The van der Waals surface area contributed by atoms with E-state index in [9.17, 15) is 0 Å². The van der Waals surface area contributed by atoms with Crippen molar-refractivity contribution in [1.29, 1.82) is 0 Å². The van der Waals surface area contributed by atoms with Crippen LogP contribution in [0.3, 0.4) is 0 Å². The van der Waals surface area contributed by atoms with E-state index in [0.29, 0.717) is 0 Å². The molecule has 168 valence electrons. The summed E-state index contributed by atoms with van der Waals surface area (Å²) in [5.41, 5.74) is 1.06. The molecule has 33 heavy (non-hydrogen) atoms. The molecule has 0 heterocycles. The van der Waals surface area contributed by atoms with Crippen LogP contribution in [-0.2, 0) is 0 Å². The van der Waals surface area contributed by atoms with Crippen molar-refractivity contribution < 1.29 is 18.9 Å². The van der Waals surface area contributed by atoms with Crippen LogP contribution in [0.15, 0.2) is 121 Å². The van der Waals surface area contributed by atoms with Gasteiger partial charge < -0.3 is 18.9 Å². The number of hydrogen-bond donors (Lipinski definition) is 0. The van der Waals surface area contributed by atoms with Crippen molar-refractivity contribution in [1.82, 2.24) is 0 Å². The second-order valence-corrected chi connectivity index (χ2v) is 12.8. The molecule has 0 aliphatic carbocycles. The summed E-state index contributed by atoms with van der Waals surface area (Å²) in [7, 11) is -1.45. The molecule has 0 saturated heterocycles. The van der Waals surface area contributed by atoms with E-state index in [1.807, 2.05) is 121 Å². The van der Waals surface area contributed by atoms with Gasteiger partial charge in [-0.3, -0.25) is 0 Å². The third kappa shape index (κ3) is 7.86. The number of ether oxygens (including phenoxy) is 4. The van der Waals surface area contributed by atoms with Crippen molar-refractivity contribution in [3.05, 3.63) is 121 Å². The van der Waals surface area contributed by atoms with Crippen LogP contribution in [0.2, 0.25) is 5.67 Å². The van der Waals surface area contributed by atoms with Crippen LogP contribution < -0.4 is 18.9 Å². The van der Waals surface area contributed by atoms with Gasteiger partial charge in [0.1, 0.15) is 42.0 Å². The van der Waals surface area contributed by atoms with E-state index in [2.05, 4.69) is 0 Å². The van der Waals surface area contributed by atoms with Gasteiger partial charge in [0.2, 0.25) is 11.8 Å². The van der Waals surface area contributed by atoms with E-state index in [-0.39, 0.29) is 11.8 Å². The molecule has 4 aromatic rings. The monoisotopic (exact) mass is 472 g/mol. The summed E-state index contributed by atoms with van der Waals surface area (Å²) in [4.78, 5) is 0. The lowest BCUT2D eigenvalue weighted by Crippen LogP contribution is -2.36. The van der Waals surface area contributed by atoms with Gasteiger partial charge >= 0.3 is 0 Å². The van der Waals surface area contributed by atoms with E-state index in [4.69, 9.17) is 18.9 Å². The lowest BCUT2D eigenvalue weighted by Gasteiger charge is -2.23. The lowest BCUT2D eigenvalue weighted by atomic mass is 10.3. The third-order valence-corrected chi connectivity index (χ3v) is 9.80. The molecule has 0 bridgehead atoms. The highest BCUT2D eigenvalue weighted by atomic mass is 28.3. The first kappa shape index (κ1) is 22.7. The third-order valence-electron chi connectivity index (χ3n) is 4.92. The molecule has 0 saturated carbocycles. The topological polar surface area (TPSA) is 36.9 Å². The van der Waals surface area contributed by atoms with E-state index in [1.165, 1.54) is 0 Å². The second-order valence-electron chi connectivity index (χ2n) is 7.51. The van der Waals surface area contributed by atoms with Gasteiger partial charge in [0.05, 0.1) is 0 Å². The Labute approximate surface area is 199 Å². The molecule has 0 aliphatic heterocycles. The largest absolute Gasteiger partial charge is 0.460 e. The molecule has 0 aromatic heterocycles. The quantitative estimate of drug-likeness (QED) is 0.223. The van der Waals surface area contributed by atoms with Crippen LogP contribution >= 0.6 is 0 Å². The molecular formula is C27H28O4Si2. The molecule has 6 heteroatoms. The number of para-hydroxylation sites is 4. The first-order valence-electron chi connectivity index (χ1n) is 11.2. The minimum atomic E-state index is -0.726. The summed E-state index contributed by atoms with van der Waals surface area (Å²) >= 11 is 0. The molecule has 0 amide bonds. The summed E-state index contributed by atoms with van der Waals surface area (Å²) in [6, 6.07) is 39.5. The van der Waals surface area contributed by atoms with Gasteiger partial charge in [-0.05, 0) is 48.5 Å². The van der Waals surface area contributed by atoms with Gasteiger partial charge in [0.25, 0.3) is 0 Å². The summed E-state index contributed by atoms with van der Waals surface area (Å²) in [6.45, 7) is 0. The Morgan fingerprint density at radius 3 is 0.879 bits per heavy atom. The van der Waals surface area contributed by atoms with Crippen LogP contribution in [0.5, 0.6) is 23.0 Å². The average Bonchev–Trinajstić information content (AvgIpc) is 2.86. The zero-order valence-electron chi connectivity index (χ0n) is 18.5. The number of hydrogen-bond acceptors (Lipinski definition) is 4. The zero-order valence-corrected chi connectivity index (χ0v) is 21.3. The van der Waals surface area contributed by atoms with Crippen molar-refractivity contribution in [3.63, 3.8) is 0 Å². The van der Waals surface area contributed by atoms with Crippen LogP contribution in [0.1, 0.15) is 0 Å². The van der Waals surface area contributed by atoms with Gasteiger partial charge in [-0.15, -0.1) is 0 Å². The van der Waals surface area contributed by atoms with Gasteiger partial charge in [-0.25, -0.2) is 0 Å². The van der Waals surface area contributed by atoms with Gasteiger partial charge in [0.15, 0.2) is 0 Å². The lowest BCUT2D eigenvalue weighted by molar-refractivity contribution is 0.0709. The molecule has 4 nitrogen and oxygen atoms in total. The van der Waals surface area contributed by atoms with Crippen molar-refractivity contribution in [2.24, 2.45) is 0 Å². The Hall–Kier alpha value is -3.49. The summed E-state index contributed by atoms with van der Waals surface area (Å²) in [6.07, 6.45) is 0. The maximum atomic E-state index is 6.22. The smallest absolute Gasteiger partial charge is 0.212 e. The highest BCUT2D eigenvalue weighted by Crippen LogP contribution is 2.18. The van der Waals surface area contributed by atoms with E-state index in [0.717, 1.165) is 28.7 Å². The summed E-state index contributed by atoms with van der Waals surface area (Å²) < 4.78 is 24.9.